The molecule has 2 aliphatic heterocycles. The molecule has 3 rings (SSSR count). The molecule has 19 heavy (non-hydrogen) atoms. The first-order chi connectivity index (χ1) is 9.03. The van der Waals surface area contributed by atoms with Crippen LogP contribution in [0.25, 0.3) is 0 Å². The third kappa shape index (κ3) is 2.77. The molecule has 0 saturated carbocycles. The largest absolute Gasteiger partial charge is 0.486 e. The molecule has 2 atom stereocenters. The van der Waals surface area contributed by atoms with Crippen LogP contribution in [-0.4, -0.2) is 34.5 Å². The third-order valence-electron chi connectivity index (χ3n) is 3.41. The van der Waals surface area contributed by atoms with E-state index in [0.717, 1.165) is 17.1 Å². The van der Waals surface area contributed by atoms with E-state index in [1.54, 1.807) is 0 Å². The Labute approximate surface area is 115 Å². The monoisotopic (exact) mass is 281 g/mol. The number of rotatable bonds is 1. The lowest BCUT2D eigenvalue weighted by Crippen LogP contribution is -2.52. The van der Waals surface area contributed by atoms with Gasteiger partial charge in [0.25, 0.3) is 0 Å². The molecule has 104 valence electrons. The van der Waals surface area contributed by atoms with E-state index in [-0.39, 0.29) is 11.6 Å². The lowest BCUT2D eigenvalue weighted by Gasteiger charge is -2.37. The zero-order chi connectivity index (χ0) is 13.5. The molecule has 1 fully saturated rings. The zero-order valence-corrected chi connectivity index (χ0v) is 12.1. The van der Waals surface area contributed by atoms with Crippen molar-refractivity contribution in [3.8, 4) is 11.5 Å². The quantitative estimate of drug-likeness (QED) is 0.850. The van der Waals surface area contributed by atoms with Crippen molar-refractivity contribution in [1.82, 2.24) is 5.32 Å². The highest BCUT2D eigenvalue weighted by molar-refractivity contribution is 7.85. The van der Waals surface area contributed by atoms with Gasteiger partial charge in [0, 0.05) is 33.9 Å². The summed E-state index contributed by atoms with van der Waals surface area (Å²) in [6.45, 7) is 5.38. The Balaban J connectivity index is 1.87. The Hall–Kier alpha value is -1.07. The normalized spacial score (nSPS) is 28.9. The fourth-order valence-corrected chi connectivity index (χ4v) is 4.31. The molecule has 0 radical (unpaired) electrons. The highest BCUT2D eigenvalue weighted by Gasteiger charge is 2.32. The van der Waals surface area contributed by atoms with Crippen LogP contribution in [0.4, 0.5) is 0 Å². The molecule has 0 amide bonds. The molecule has 1 saturated heterocycles. The van der Waals surface area contributed by atoms with Gasteiger partial charge in [0.15, 0.2) is 11.5 Å². The minimum Gasteiger partial charge on any atom is -0.486 e. The minimum absolute atomic E-state index is 0.0962. The summed E-state index contributed by atoms with van der Waals surface area (Å²) in [6, 6.07) is 6.09. The van der Waals surface area contributed by atoms with Crippen LogP contribution in [0.2, 0.25) is 0 Å². The Morgan fingerprint density at radius 1 is 1.26 bits per heavy atom. The van der Waals surface area contributed by atoms with Crippen LogP contribution in [0.3, 0.4) is 0 Å². The maximum absolute atomic E-state index is 12.0. The maximum Gasteiger partial charge on any atom is 0.161 e. The average Bonchev–Trinajstić information content (AvgIpc) is 2.36. The Morgan fingerprint density at radius 3 is 2.74 bits per heavy atom. The van der Waals surface area contributed by atoms with Gasteiger partial charge in [-0.3, -0.25) is 4.21 Å². The van der Waals surface area contributed by atoms with Crippen LogP contribution in [0, 0.1) is 0 Å². The minimum atomic E-state index is -0.776. The average molecular weight is 281 g/mol. The Morgan fingerprint density at radius 2 is 2.00 bits per heavy atom. The van der Waals surface area contributed by atoms with E-state index in [4.69, 9.17) is 9.47 Å². The van der Waals surface area contributed by atoms with Crippen LogP contribution in [0.15, 0.2) is 18.2 Å². The lowest BCUT2D eigenvalue weighted by atomic mass is 10.0. The second kappa shape index (κ2) is 4.80. The topological polar surface area (TPSA) is 47.6 Å². The van der Waals surface area contributed by atoms with Crippen LogP contribution in [0.5, 0.6) is 11.5 Å². The number of hydrogen-bond acceptors (Lipinski definition) is 4. The van der Waals surface area contributed by atoms with Gasteiger partial charge in [0.2, 0.25) is 0 Å². The second-order valence-electron chi connectivity index (χ2n) is 5.73. The van der Waals surface area contributed by atoms with Gasteiger partial charge < -0.3 is 14.8 Å². The third-order valence-corrected chi connectivity index (χ3v) is 5.16. The SMILES string of the molecule is CC1(C)CS(=O)CC(c2ccc3c(c2)OCCO3)N1. The first-order valence-electron chi connectivity index (χ1n) is 6.56. The van der Waals surface area contributed by atoms with E-state index in [1.807, 2.05) is 18.2 Å². The summed E-state index contributed by atoms with van der Waals surface area (Å²) >= 11 is 0. The lowest BCUT2D eigenvalue weighted by molar-refractivity contribution is 0.171. The first-order valence-corrected chi connectivity index (χ1v) is 8.04. The summed E-state index contributed by atoms with van der Waals surface area (Å²) in [5.41, 5.74) is 1.02. The standard InChI is InChI=1S/C14H19NO3S/c1-14(2)9-19(16)8-11(15-14)10-3-4-12-13(7-10)18-6-5-17-12/h3-4,7,11,15H,5-6,8-9H2,1-2H3. The predicted octanol–water partition coefficient (Wildman–Crippen LogP) is 1.63. The van der Waals surface area contributed by atoms with Crippen molar-refractivity contribution >= 4 is 10.8 Å². The smallest absolute Gasteiger partial charge is 0.161 e. The zero-order valence-electron chi connectivity index (χ0n) is 11.3. The van der Waals surface area contributed by atoms with Crippen molar-refractivity contribution in [2.24, 2.45) is 0 Å². The van der Waals surface area contributed by atoms with Crippen LogP contribution < -0.4 is 14.8 Å². The van der Waals surface area contributed by atoms with Crippen LogP contribution in [-0.2, 0) is 10.8 Å². The van der Waals surface area contributed by atoms with Crippen molar-refractivity contribution in [3.63, 3.8) is 0 Å². The Kier molecular flexibility index (Phi) is 3.27. The Bertz CT molecular complexity index is 515. The fourth-order valence-electron chi connectivity index (χ4n) is 2.66. The van der Waals surface area contributed by atoms with Crippen molar-refractivity contribution in [2.75, 3.05) is 24.7 Å². The number of ether oxygens (including phenoxy) is 2. The van der Waals surface area contributed by atoms with Gasteiger partial charge >= 0.3 is 0 Å². The van der Waals surface area contributed by atoms with E-state index in [0.29, 0.717) is 24.7 Å². The molecule has 0 aromatic heterocycles. The second-order valence-corrected chi connectivity index (χ2v) is 7.24. The highest BCUT2D eigenvalue weighted by atomic mass is 32.2. The van der Waals surface area contributed by atoms with E-state index in [1.165, 1.54) is 0 Å². The highest BCUT2D eigenvalue weighted by Crippen LogP contribution is 2.34. The molecule has 5 heteroatoms. The van der Waals surface area contributed by atoms with E-state index in [9.17, 15) is 4.21 Å². The number of nitrogens with one attached hydrogen (secondary N) is 1. The van der Waals surface area contributed by atoms with Gasteiger partial charge in [-0.05, 0) is 31.5 Å². The molecule has 0 aliphatic carbocycles. The van der Waals surface area contributed by atoms with Gasteiger partial charge in [0.05, 0.1) is 0 Å². The molecule has 2 heterocycles. The predicted molar refractivity (Wildman–Crippen MR) is 75.3 cm³/mol. The summed E-state index contributed by atoms with van der Waals surface area (Å²) in [5, 5.41) is 3.56. The number of benzene rings is 1. The van der Waals surface area contributed by atoms with Gasteiger partial charge in [-0.1, -0.05) is 6.07 Å². The van der Waals surface area contributed by atoms with Gasteiger partial charge in [-0.15, -0.1) is 0 Å². The molecule has 2 unspecified atom stereocenters. The molecular formula is C14H19NO3S. The van der Waals surface area contributed by atoms with Gasteiger partial charge in [0.1, 0.15) is 13.2 Å². The molecule has 0 bridgehead atoms. The maximum atomic E-state index is 12.0. The first kappa shape index (κ1) is 12.9. The summed E-state index contributed by atoms with van der Waals surface area (Å²) in [4.78, 5) is 0. The van der Waals surface area contributed by atoms with E-state index in [2.05, 4.69) is 19.2 Å². The van der Waals surface area contributed by atoms with Crippen LogP contribution in [0.1, 0.15) is 25.5 Å². The summed E-state index contributed by atoms with van der Waals surface area (Å²) in [5.74, 6) is 2.95. The van der Waals surface area contributed by atoms with Crippen molar-refractivity contribution in [3.05, 3.63) is 23.8 Å². The van der Waals surface area contributed by atoms with Crippen molar-refractivity contribution in [2.45, 2.75) is 25.4 Å². The molecule has 1 aromatic rings. The number of fused-ring (bicyclic) bond motifs is 1. The molecule has 0 spiro atoms. The molecular weight excluding hydrogens is 262 g/mol. The summed E-state index contributed by atoms with van der Waals surface area (Å²) in [7, 11) is -0.776. The molecule has 4 nitrogen and oxygen atoms in total. The number of hydrogen-bond donors (Lipinski definition) is 1. The van der Waals surface area contributed by atoms with Gasteiger partial charge in [-0.2, -0.15) is 0 Å². The van der Waals surface area contributed by atoms with Gasteiger partial charge in [-0.25, -0.2) is 0 Å². The molecule has 2 aliphatic rings. The van der Waals surface area contributed by atoms with E-state index < -0.39 is 10.8 Å². The van der Waals surface area contributed by atoms with Crippen molar-refractivity contribution < 1.29 is 13.7 Å². The molecule has 1 N–H and O–H groups in total. The summed E-state index contributed by atoms with van der Waals surface area (Å²) < 4.78 is 23.1. The van der Waals surface area contributed by atoms with Crippen molar-refractivity contribution in [1.29, 1.82) is 0 Å². The fraction of sp³-hybridized carbons (Fsp3) is 0.571. The molecule has 1 aromatic carbocycles. The van der Waals surface area contributed by atoms with E-state index >= 15 is 0 Å². The summed E-state index contributed by atoms with van der Waals surface area (Å²) in [6.07, 6.45) is 0. The van der Waals surface area contributed by atoms with Crippen LogP contribution >= 0.6 is 0 Å².